The van der Waals surface area contributed by atoms with Crippen LogP contribution in [0.4, 0.5) is 0 Å². The minimum atomic E-state index is -3.01. The van der Waals surface area contributed by atoms with Crippen LogP contribution in [0.5, 0.6) is 0 Å². The maximum atomic E-state index is 11.3. The first-order valence-electron chi connectivity index (χ1n) is 4.47. The Balaban J connectivity index is 2.80. The largest absolute Gasteiger partial charge is 0.395 e. The summed E-state index contributed by atoms with van der Waals surface area (Å²) in [6.07, 6.45) is 1.06. The van der Waals surface area contributed by atoms with Crippen LogP contribution in [0.1, 0.15) is 13.3 Å². The summed E-state index contributed by atoms with van der Waals surface area (Å²) in [5, 5.41) is 8.72. The average molecular weight is 221 g/mol. The van der Waals surface area contributed by atoms with E-state index in [2.05, 4.69) is 0 Å². The molecular weight excluding hydrogens is 206 g/mol. The molecule has 0 aromatic carbocycles. The van der Waals surface area contributed by atoms with Crippen molar-refractivity contribution in [1.29, 1.82) is 0 Å². The third-order valence-corrected chi connectivity index (χ3v) is 4.53. The highest BCUT2D eigenvalue weighted by Gasteiger charge is 2.42. The number of sulfone groups is 1. The minimum absolute atomic E-state index is 0.00125. The van der Waals surface area contributed by atoms with Gasteiger partial charge in [-0.05, 0) is 13.3 Å². The fourth-order valence-electron chi connectivity index (χ4n) is 1.78. The van der Waals surface area contributed by atoms with Crippen molar-refractivity contribution in [2.24, 2.45) is 0 Å². The number of carbonyl (C=O) groups is 1. The lowest BCUT2D eigenvalue weighted by Gasteiger charge is -2.33. The highest BCUT2D eigenvalue weighted by Crippen LogP contribution is 2.28. The summed E-state index contributed by atoms with van der Waals surface area (Å²) >= 11 is 0. The molecule has 0 unspecified atom stereocenters. The molecule has 1 fully saturated rings. The van der Waals surface area contributed by atoms with Crippen molar-refractivity contribution in [3.05, 3.63) is 0 Å². The SMILES string of the molecule is C[C@]1(N(C=O)CCO)CCS(=O)(=O)C1. The normalized spacial score (nSPS) is 30.1. The van der Waals surface area contributed by atoms with Crippen molar-refractivity contribution in [3.63, 3.8) is 0 Å². The number of hydrogen-bond acceptors (Lipinski definition) is 4. The third-order valence-electron chi connectivity index (χ3n) is 2.64. The summed E-state index contributed by atoms with van der Waals surface area (Å²) in [6, 6.07) is 0. The van der Waals surface area contributed by atoms with E-state index in [-0.39, 0.29) is 24.7 Å². The fraction of sp³-hybridized carbons (Fsp3) is 0.875. The summed E-state index contributed by atoms with van der Waals surface area (Å²) in [7, 11) is -3.01. The minimum Gasteiger partial charge on any atom is -0.395 e. The molecule has 1 amide bonds. The van der Waals surface area contributed by atoms with E-state index in [4.69, 9.17) is 5.11 Å². The lowest BCUT2D eigenvalue weighted by Crippen LogP contribution is -2.47. The van der Waals surface area contributed by atoms with E-state index in [1.165, 1.54) is 4.90 Å². The molecule has 1 N–H and O–H groups in total. The topological polar surface area (TPSA) is 74.7 Å². The monoisotopic (exact) mass is 221 g/mol. The van der Waals surface area contributed by atoms with E-state index < -0.39 is 15.4 Å². The predicted molar refractivity (Wildman–Crippen MR) is 51.5 cm³/mol. The van der Waals surface area contributed by atoms with Crippen molar-refractivity contribution in [2.75, 3.05) is 24.7 Å². The Morgan fingerprint density at radius 3 is 2.57 bits per heavy atom. The van der Waals surface area contributed by atoms with E-state index in [0.29, 0.717) is 12.8 Å². The molecule has 82 valence electrons. The molecular formula is C8H15NO4S. The second kappa shape index (κ2) is 3.86. The van der Waals surface area contributed by atoms with Crippen LogP contribution < -0.4 is 0 Å². The lowest BCUT2D eigenvalue weighted by molar-refractivity contribution is -0.123. The van der Waals surface area contributed by atoms with Gasteiger partial charge >= 0.3 is 0 Å². The molecule has 5 nitrogen and oxygen atoms in total. The van der Waals surface area contributed by atoms with Gasteiger partial charge in [-0.15, -0.1) is 0 Å². The van der Waals surface area contributed by atoms with E-state index in [9.17, 15) is 13.2 Å². The molecule has 6 heteroatoms. The van der Waals surface area contributed by atoms with E-state index in [0.717, 1.165) is 0 Å². The summed E-state index contributed by atoms with van der Waals surface area (Å²) < 4.78 is 22.5. The zero-order valence-electron chi connectivity index (χ0n) is 8.14. The maximum absolute atomic E-state index is 11.3. The van der Waals surface area contributed by atoms with Gasteiger partial charge < -0.3 is 10.0 Å². The van der Waals surface area contributed by atoms with Gasteiger partial charge in [0, 0.05) is 6.54 Å². The van der Waals surface area contributed by atoms with Crippen LogP contribution in [0.2, 0.25) is 0 Å². The Labute approximate surface area is 83.6 Å². The van der Waals surface area contributed by atoms with E-state index in [1.54, 1.807) is 6.92 Å². The van der Waals surface area contributed by atoms with Gasteiger partial charge in [-0.2, -0.15) is 0 Å². The number of nitrogens with zero attached hydrogens (tertiary/aromatic N) is 1. The fourth-order valence-corrected chi connectivity index (χ4v) is 3.93. The Morgan fingerprint density at radius 1 is 1.57 bits per heavy atom. The molecule has 0 aromatic heterocycles. The first kappa shape index (κ1) is 11.5. The van der Waals surface area contributed by atoms with Gasteiger partial charge in [0.15, 0.2) is 9.84 Å². The molecule has 0 saturated carbocycles. The van der Waals surface area contributed by atoms with Gasteiger partial charge in [-0.1, -0.05) is 0 Å². The van der Waals surface area contributed by atoms with Gasteiger partial charge in [0.1, 0.15) is 0 Å². The molecule has 0 aliphatic carbocycles. The number of aliphatic hydroxyl groups is 1. The number of β-amino-alcohol motifs (C(OH)–C–C–N with tert-alkyl or cyclic N) is 1. The highest BCUT2D eigenvalue weighted by molar-refractivity contribution is 7.91. The summed E-state index contributed by atoms with van der Waals surface area (Å²) in [5.74, 6) is 0.123. The van der Waals surface area contributed by atoms with Crippen molar-refractivity contribution in [2.45, 2.75) is 18.9 Å². The van der Waals surface area contributed by atoms with Crippen LogP contribution in [0.3, 0.4) is 0 Å². The molecule has 0 spiro atoms. The smallest absolute Gasteiger partial charge is 0.210 e. The molecule has 1 rings (SSSR count). The van der Waals surface area contributed by atoms with Crippen LogP contribution in [0.15, 0.2) is 0 Å². The molecule has 0 aromatic rings. The molecule has 1 atom stereocenters. The number of aliphatic hydroxyl groups excluding tert-OH is 1. The van der Waals surface area contributed by atoms with Gasteiger partial charge in [-0.25, -0.2) is 8.42 Å². The van der Waals surface area contributed by atoms with Gasteiger partial charge in [0.25, 0.3) is 0 Å². The van der Waals surface area contributed by atoms with Crippen LogP contribution >= 0.6 is 0 Å². The summed E-state index contributed by atoms with van der Waals surface area (Å²) in [4.78, 5) is 12.1. The standard InChI is InChI=1S/C8H15NO4S/c1-8(9(7-11)3-4-10)2-5-14(12,13)6-8/h7,10H,2-6H2,1H3/t8-/m0/s1. The molecule has 1 aliphatic rings. The molecule has 14 heavy (non-hydrogen) atoms. The quantitative estimate of drug-likeness (QED) is 0.619. The van der Waals surface area contributed by atoms with Crippen molar-refractivity contribution >= 4 is 16.2 Å². The Hall–Kier alpha value is -0.620. The zero-order valence-corrected chi connectivity index (χ0v) is 8.96. The molecule has 0 bridgehead atoms. The van der Waals surface area contributed by atoms with Crippen molar-refractivity contribution in [1.82, 2.24) is 4.90 Å². The van der Waals surface area contributed by atoms with Gasteiger partial charge in [0.05, 0.1) is 23.7 Å². The Bertz CT molecular complexity index is 313. The van der Waals surface area contributed by atoms with Gasteiger partial charge in [0.2, 0.25) is 6.41 Å². The second-order valence-corrected chi connectivity index (χ2v) is 6.05. The number of carbonyl (C=O) groups excluding carboxylic acids is 1. The Morgan fingerprint density at radius 2 is 2.21 bits per heavy atom. The van der Waals surface area contributed by atoms with E-state index in [1.807, 2.05) is 0 Å². The molecule has 1 aliphatic heterocycles. The molecule has 1 saturated heterocycles. The highest BCUT2D eigenvalue weighted by atomic mass is 32.2. The first-order valence-corrected chi connectivity index (χ1v) is 6.29. The molecule has 0 radical (unpaired) electrons. The third kappa shape index (κ3) is 2.24. The number of amides is 1. The van der Waals surface area contributed by atoms with Crippen LogP contribution in [-0.4, -0.2) is 55.0 Å². The van der Waals surface area contributed by atoms with Crippen LogP contribution in [-0.2, 0) is 14.6 Å². The summed E-state index contributed by atoms with van der Waals surface area (Å²) in [5.41, 5.74) is -0.636. The molecule has 1 heterocycles. The lowest BCUT2D eigenvalue weighted by atomic mass is 10.0. The van der Waals surface area contributed by atoms with Crippen molar-refractivity contribution in [3.8, 4) is 0 Å². The van der Waals surface area contributed by atoms with E-state index >= 15 is 0 Å². The number of rotatable bonds is 4. The zero-order chi connectivity index (χ0) is 10.8. The second-order valence-electron chi connectivity index (χ2n) is 3.86. The average Bonchev–Trinajstić information content (AvgIpc) is 2.37. The van der Waals surface area contributed by atoms with Gasteiger partial charge in [-0.3, -0.25) is 4.79 Å². The first-order chi connectivity index (χ1) is 6.43. The number of hydrogen-bond donors (Lipinski definition) is 1. The Kier molecular flexibility index (Phi) is 3.16. The van der Waals surface area contributed by atoms with Crippen LogP contribution in [0, 0.1) is 0 Å². The van der Waals surface area contributed by atoms with Crippen LogP contribution in [0.25, 0.3) is 0 Å². The summed E-state index contributed by atoms with van der Waals surface area (Å²) in [6.45, 7) is 1.78. The maximum Gasteiger partial charge on any atom is 0.210 e. The predicted octanol–water partition coefficient (Wildman–Crippen LogP) is -0.986. The van der Waals surface area contributed by atoms with Crippen molar-refractivity contribution < 1.29 is 18.3 Å².